The van der Waals surface area contributed by atoms with E-state index in [0.717, 1.165) is 29.8 Å². The molecule has 124 valence electrons. The van der Waals surface area contributed by atoms with E-state index in [0.29, 0.717) is 6.42 Å². The van der Waals surface area contributed by atoms with E-state index in [1.807, 2.05) is 39.4 Å². The van der Waals surface area contributed by atoms with E-state index >= 15 is 0 Å². The van der Waals surface area contributed by atoms with Gasteiger partial charge in [-0.15, -0.1) is 0 Å². The third-order valence-electron chi connectivity index (χ3n) is 3.71. The van der Waals surface area contributed by atoms with Crippen molar-refractivity contribution < 1.29 is 14.7 Å². The molecule has 0 unspecified atom stereocenters. The minimum Gasteiger partial charge on any atom is -0.480 e. The summed E-state index contributed by atoms with van der Waals surface area (Å²) in [4.78, 5) is 23.5. The maximum absolute atomic E-state index is 12.2. The number of hydrogen-bond donors (Lipinski definition) is 2. The van der Waals surface area contributed by atoms with Gasteiger partial charge in [0.2, 0.25) is 5.91 Å². The fourth-order valence-corrected chi connectivity index (χ4v) is 2.69. The van der Waals surface area contributed by atoms with E-state index in [9.17, 15) is 14.7 Å². The second kappa shape index (κ2) is 7.96. The van der Waals surface area contributed by atoms with Crippen molar-refractivity contribution in [2.75, 3.05) is 0 Å². The molecule has 0 aliphatic rings. The Labute approximate surface area is 131 Å². The summed E-state index contributed by atoms with van der Waals surface area (Å²) in [7, 11) is 1.87. The number of aliphatic carboxylic acids is 1. The molecule has 1 amide bonds. The molecule has 0 spiro atoms. The Hall–Kier alpha value is -1.85. The van der Waals surface area contributed by atoms with Crippen LogP contribution < -0.4 is 5.32 Å². The zero-order valence-electron chi connectivity index (χ0n) is 14.1. The largest absolute Gasteiger partial charge is 0.480 e. The number of carboxylic acid groups (broad SMARTS) is 1. The highest BCUT2D eigenvalue weighted by Gasteiger charge is 2.23. The first-order valence-electron chi connectivity index (χ1n) is 7.85. The Morgan fingerprint density at radius 2 is 1.91 bits per heavy atom. The standard InChI is InChI=1S/C16H27N3O3/c1-6-12-11(14(7-2)19(5)18-12)9-15(20)17-13(16(21)22)8-10(3)4/h10,13H,6-9H2,1-5H3,(H,17,20)(H,21,22)/t13-/m0/s1. The molecule has 6 nitrogen and oxygen atoms in total. The molecule has 0 saturated carbocycles. The zero-order chi connectivity index (χ0) is 16.9. The zero-order valence-corrected chi connectivity index (χ0v) is 14.1. The van der Waals surface area contributed by atoms with Gasteiger partial charge in [0.25, 0.3) is 0 Å². The van der Waals surface area contributed by atoms with Gasteiger partial charge in [-0.1, -0.05) is 27.7 Å². The molecule has 0 aliphatic heterocycles. The number of carboxylic acids is 1. The Balaban J connectivity index is 2.86. The van der Waals surface area contributed by atoms with Crippen LogP contribution in [0.5, 0.6) is 0 Å². The van der Waals surface area contributed by atoms with Crippen LogP contribution in [0.25, 0.3) is 0 Å². The van der Waals surface area contributed by atoms with Crippen LogP contribution in [0.15, 0.2) is 0 Å². The highest BCUT2D eigenvalue weighted by atomic mass is 16.4. The number of hydrogen-bond acceptors (Lipinski definition) is 3. The summed E-state index contributed by atoms with van der Waals surface area (Å²) >= 11 is 0. The van der Waals surface area contributed by atoms with Crippen molar-refractivity contribution in [2.45, 2.75) is 59.4 Å². The smallest absolute Gasteiger partial charge is 0.326 e. The van der Waals surface area contributed by atoms with Crippen molar-refractivity contribution in [3.05, 3.63) is 17.0 Å². The number of aryl methyl sites for hydroxylation is 2. The van der Waals surface area contributed by atoms with Crippen LogP contribution in [-0.4, -0.2) is 32.8 Å². The minimum absolute atomic E-state index is 0.183. The number of nitrogens with one attached hydrogen (secondary N) is 1. The van der Waals surface area contributed by atoms with Crippen molar-refractivity contribution in [2.24, 2.45) is 13.0 Å². The van der Waals surface area contributed by atoms with Crippen molar-refractivity contribution >= 4 is 11.9 Å². The van der Waals surface area contributed by atoms with Gasteiger partial charge in [0.15, 0.2) is 0 Å². The highest BCUT2D eigenvalue weighted by molar-refractivity contribution is 5.85. The lowest BCUT2D eigenvalue weighted by atomic mass is 10.0. The molecule has 1 aromatic rings. The molecule has 0 radical (unpaired) electrons. The van der Waals surface area contributed by atoms with Crippen LogP contribution in [-0.2, 0) is 35.9 Å². The number of aromatic nitrogens is 2. The first kappa shape index (κ1) is 18.2. The summed E-state index contributed by atoms with van der Waals surface area (Å²) in [6.45, 7) is 7.90. The Bertz CT molecular complexity index is 535. The maximum Gasteiger partial charge on any atom is 0.326 e. The van der Waals surface area contributed by atoms with Gasteiger partial charge in [0.1, 0.15) is 6.04 Å². The number of amides is 1. The number of carbonyl (C=O) groups excluding carboxylic acids is 1. The van der Waals surface area contributed by atoms with Gasteiger partial charge in [-0.2, -0.15) is 5.10 Å². The summed E-state index contributed by atoms with van der Waals surface area (Å²) in [5, 5.41) is 16.3. The average Bonchev–Trinajstić information content (AvgIpc) is 2.72. The third kappa shape index (κ3) is 4.58. The molecule has 6 heteroatoms. The fraction of sp³-hybridized carbons (Fsp3) is 0.688. The lowest BCUT2D eigenvalue weighted by Gasteiger charge is -2.16. The molecule has 1 aromatic heterocycles. The van der Waals surface area contributed by atoms with Crippen LogP contribution >= 0.6 is 0 Å². The molecule has 0 bridgehead atoms. The predicted molar refractivity (Wildman–Crippen MR) is 84.7 cm³/mol. The second-order valence-electron chi connectivity index (χ2n) is 5.97. The van der Waals surface area contributed by atoms with E-state index in [1.165, 1.54) is 0 Å². The molecular formula is C16H27N3O3. The fourth-order valence-electron chi connectivity index (χ4n) is 2.69. The summed E-state index contributed by atoms with van der Waals surface area (Å²) < 4.78 is 1.81. The number of rotatable bonds is 8. The highest BCUT2D eigenvalue weighted by Crippen LogP contribution is 2.16. The second-order valence-corrected chi connectivity index (χ2v) is 5.97. The van der Waals surface area contributed by atoms with Crippen molar-refractivity contribution in [3.63, 3.8) is 0 Å². The van der Waals surface area contributed by atoms with Crippen LogP contribution in [0, 0.1) is 5.92 Å². The van der Waals surface area contributed by atoms with E-state index in [2.05, 4.69) is 10.4 Å². The molecule has 0 fully saturated rings. The van der Waals surface area contributed by atoms with E-state index in [-0.39, 0.29) is 18.2 Å². The van der Waals surface area contributed by atoms with Crippen molar-refractivity contribution in [3.8, 4) is 0 Å². The van der Waals surface area contributed by atoms with Gasteiger partial charge < -0.3 is 10.4 Å². The molecule has 1 heterocycles. The van der Waals surface area contributed by atoms with Gasteiger partial charge in [0.05, 0.1) is 12.1 Å². The summed E-state index contributed by atoms with van der Waals surface area (Å²) in [6.07, 6.45) is 2.16. The topological polar surface area (TPSA) is 84.2 Å². The van der Waals surface area contributed by atoms with Gasteiger partial charge in [-0.05, 0) is 25.2 Å². The minimum atomic E-state index is -0.986. The molecule has 1 rings (SSSR count). The van der Waals surface area contributed by atoms with E-state index in [4.69, 9.17) is 0 Å². The van der Waals surface area contributed by atoms with Gasteiger partial charge in [0, 0.05) is 18.3 Å². The Kier molecular flexibility index (Phi) is 6.59. The van der Waals surface area contributed by atoms with Gasteiger partial charge in [-0.3, -0.25) is 9.48 Å². The van der Waals surface area contributed by atoms with Crippen LogP contribution in [0.3, 0.4) is 0 Å². The van der Waals surface area contributed by atoms with Gasteiger partial charge >= 0.3 is 5.97 Å². The summed E-state index contributed by atoms with van der Waals surface area (Å²) in [5.74, 6) is -1.04. The first-order valence-corrected chi connectivity index (χ1v) is 7.85. The molecular weight excluding hydrogens is 282 g/mol. The maximum atomic E-state index is 12.2. The summed E-state index contributed by atoms with van der Waals surface area (Å²) in [5.41, 5.74) is 2.87. The first-order chi connectivity index (χ1) is 10.3. The summed E-state index contributed by atoms with van der Waals surface area (Å²) in [6, 6.07) is -0.834. The lowest BCUT2D eigenvalue weighted by molar-refractivity contribution is -0.142. The molecule has 0 aliphatic carbocycles. The average molecular weight is 309 g/mol. The Morgan fingerprint density at radius 3 is 2.36 bits per heavy atom. The molecule has 0 aromatic carbocycles. The van der Waals surface area contributed by atoms with Crippen LogP contribution in [0.1, 0.15) is 51.1 Å². The van der Waals surface area contributed by atoms with Crippen molar-refractivity contribution in [1.82, 2.24) is 15.1 Å². The predicted octanol–water partition coefficient (Wildman–Crippen LogP) is 1.70. The van der Waals surface area contributed by atoms with Crippen LogP contribution in [0.4, 0.5) is 0 Å². The number of nitrogens with zero attached hydrogens (tertiary/aromatic N) is 2. The number of carbonyl (C=O) groups is 2. The normalized spacial score (nSPS) is 12.5. The molecule has 1 atom stereocenters. The quantitative estimate of drug-likeness (QED) is 0.765. The van der Waals surface area contributed by atoms with E-state index in [1.54, 1.807) is 0 Å². The SMILES string of the molecule is CCc1nn(C)c(CC)c1CC(=O)N[C@@H](CC(C)C)C(=O)O. The molecule has 22 heavy (non-hydrogen) atoms. The third-order valence-corrected chi connectivity index (χ3v) is 3.71. The van der Waals surface area contributed by atoms with E-state index < -0.39 is 12.0 Å². The monoisotopic (exact) mass is 309 g/mol. The molecule has 2 N–H and O–H groups in total. The lowest BCUT2D eigenvalue weighted by Crippen LogP contribution is -2.42. The van der Waals surface area contributed by atoms with Crippen LogP contribution in [0.2, 0.25) is 0 Å². The Morgan fingerprint density at radius 1 is 1.27 bits per heavy atom. The molecule has 0 saturated heterocycles. The van der Waals surface area contributed by atoms with Crippen molar-refractivity contribution in [1.29, 1.82) is 0 Å². The van der Waals surface area contributed by atoms with Gasteiger partial charge in [-0.25, -0.2) is 4.79 Å².